The summed E-state index contributed by atoms with van der Waals surface area (Å²) in [5.74, 6) is 1.00. The Kier molecular flexibility index (Phi) is 7.51. The zero-order chi connectivity index (χ0) is 14.9. The van der Waals surface area contributed by atoms with E-state index in [1.54, 1.807) is 0 Å². The highest BCUT2D eigenvalue weighted by molar-refractivity contribution is 5.75. The number of likely N-dealkylation sites (tertiary alicyclic amines) is 1. The van der Waals surface area contributed by atoms with Gasteiger partial charge in [-0.3, -0.25) is 9.69 Å². The van der Waals surface area contributed by atoms with Gasteiger partial charge < -0.3 is 10.6 Å². The third kappa shape index (κ3) is 5.95. The molecular weight excluding hydrogens is 262 g/mol. The van der Waals surface area contributed by atoms with Crippen LogP contribution in [0, 0.1) is 5.92 Å². The number of hydrogen-bond acceptors (Lipinski definition) is 3. The molecule has 2 N–H and O–H groups in total. The number of piperidine rings is 2. The first-order chi connectivity index (χ1) is 10.3. The highest BCUT2D eigenvalue weighted by Gasteiger charge is 2.20. The summed E-state index contributed by atoms with van der Waals surface area (Å²) in [6, 6.07) is 0.741. The van der Waals surface area contributed by atoms with E-state index in [1.165, 1.54) is 45.1 Å². The molecule has 0 spiro atoms. The fourth-order valence-electron chi connectivity index (χ4n) is 3.75. The van der Waals surface area contributed by atoms with Gasteiger partial charge in [-0.2, -0.15) is 0 Å². The van der Waals surface area contributed by atoms with Crippen LogP contribution in [0.4, 0.5) is 0 Å². The van der Waals surface area contributed by atoms with Crippen LogP contribution in [0.25, 0.3) is 0 Å². The van der Waals surface area contributed by atoms with Crippen LogP contribution in [0.15, 0.2) is 0 Å². The van der Waals surface area contributed by atoms with Gasteiger partial charge in [0.1, 0.15) is 0 Å². The molecule has 0 aromatic rings. The van der Waals surface area contributed by atoms with E-state index in [0.29, 0.717) is 6.42 Å². The Morgan fingerprint density at radius 3 is 2.81 bits per heavy atom. The summed E-state index contributed by atoms with van der Waals surface area (Å²) in [7, 11) is 0. The Hall–Kier alpha value is -0.610. The number of amides is 1. The van der Waals surface area contributed by atoms with Crippen LogP contribution in [0.1, 0.15) is 58.3 Å². The second kappa shape index (κ2) is 9.42. The number of hydrogen-bond donors (Lipinski definition) is 2. The van der Waals surface area contributed by atoms with Crippen molar-refractivity contribution in [1.29, 1.82) is 0 Å². The number of nitrogens with one attached hydrogen (secondary N) is 2. The highest BCUT2D eigenvalue weighted by Crippen LogP contribution is 2.19. The molecule has 0 aromatic heterocycles. The maximum atomic E-state index is 11.9. The van der Waals surface area contributed by atoms with E-state index in [9.17, 15) is 4.79 Å². The molecule has 2 aliphatic rings. The molecule has 1 atom stereocenters. The molecule has 2 saturated heterocycles. The number of carbonyl (C=O) groups excluding carboxylic acids is 1. The van der Waals surface area contributed by atoms with Crippen LogP contribution >= 0.6 is 0 Å². The van der Waals surface area contributed by atoms with Crippen molar-refractivity contribution in [2.75, 3.05) is 32.7 Å². The molecule has 0 bridgehead atoms. The van der Waals surface area contributed by atoms with E-state index >= 15 is 0 Å². The molecule has 1 unspecified atom stereocenters. The standard InChI is InChI=1S/C17H33N3O/c1-2-16-5-3-4-13-20(16)14-12-19-17(21)7-6-15-8-10-18-11-9-15/h15-16,18H,2-14H2,1H3,(H,19,21). The van der Waals surface area contributed by atoms with Crippen molar-refractivity contribution in [3.63, 3.8) is 0 Å². The molecule has 122 valence electrons. The normalized spacial score (nSPS) is 24.9. The van der Waals surface area contributed by atoms with Gasteiger partial charge >= 0.3 is 0 Å². The van der Waals surface area contributed by atoms with Crippen LogP contribution in [-0.4, -0.2) is 49.6 Å². The lowest BCUT2D eigenvalue weighted by molar-refractivity contribution is -0.121. The Balaban J connectivity index is 1.55. The van der Waals surface area contributed by atoms with E-state index in [0.717, 1.165) is 44.6 Å². The quantitative estimate of drug-likeness (QED) is 0.756. The smallest absolute Gasteiger partial charge is 0.220 e. The average molecular weight is 295 g/mol. The predicted octanol–water partition coefficient (Wildman–Crippen LogP) is 2.15. The molecule has 0 aromatic carbocycles. The first kappa shape index (κ1) is 16.8. The first-order valence-electron chi connectivity index (χ1n) is 9.01. The van der Waals surface area contributed by atoms with Crippen LogP contribution < -0.4 is 10.6 Å². The Bertz CT molecular complexity index is 302. The van der Waals surface area contributed by atoms with E-state index in [-0.39, 0.29) is 5.91 Å². The van der Waals surface area contributed by atoms with Crippen LogP contribution in [0.2, 0.25) is 0 Å². The second-order valence-electron chi connectivity index (χ2n) is 6.68. The summed E-state index contributed by atoms with van der Waals surface area (Å²) in [6.45, 7) is 7.59. The topological polar surface area (TPSA) is 44.4 Å². The lowest BCUT2D eigenvalue weighted by Crippen LogP contribution is -2.43. The van der Waals surface area contributed by atoms with Crippen molar-refractivity contribution >= 4 is 5.91 Å². The summed E-state index contributed by atoms with van der Waals surface area (Å²) in [6.07, 6.45) is 9.51. The Morgan fingerprint density at radius 2 is 2.05 bits per heavy atom. The number of nitrogens with zero attached hydrogens (tertiary/aromatic N) is 1. The molecule has 0 radical (unpaired) electrons. The lowest BCUT2D eigenvalue weighted by atomic mass is 9.93. The second-order valence-corrected chi connectivity index (χ2v) is 6.68. The molecule has 21 heavy (non-hydrogen) atoms. The van der Waals surface area contributed by atoms with Gasteiger partial charge in [0.25, 0.3) is 0 Å². The molecular formula is C17H33N3O. The van der Waals surface area contributed by atoms with Crippen LogP contribution in [0.5, 0.6) is 0 Å². The fraction of sp³-hybridized carbons (Fsp3) is 0.941. The molecule has 2 fully saturated rings. The summed E-state index contributed by atoms with van der Waals surface area (Å²) < 4.78 is 0. The predicted molar refractivity (Wildman–Crippen MR) is 87.3 cm³/mol. The van der Waals surface area contributed by atoms with E-state index in [1.807, 2.05) is 0 Å². The minimum atomic E-state index is 0.249. The number of rotatable bonds is 7. The first-order valence-corrected chi connectivity index (χ1v) is 9.01. The van der Waals surface area contributed by atoms with Crippen molar-refractivity contribution < 1.29 is 4.79 Å². The van der Waals surface area contributed by atoms with Crippen molar-refractivity contribution in [2.24, 2.45) is 5.92 Å². The molecule has 0 saturated carbocycles. The van der Waals surface area contributed by atoms with Crippen LogP contribution in [-0.2, 0) is 4.79 Å². The minimum absolute atomic E-state index is 0.249. The minimum Gasteiger partial charge on any atom is -0.355 e. The molecule has 4 nitrogen and oxygen atoms in total. The van der Waals surface area contributed by atoms with Gasteiger partial charge in [-0.1, -0.05) is 13.3 Å². The summed E-state index contributed by atoms with van der Waals surface area (Å²) in [5.41, 5.74) is 0. The zero-order valence-corrected chi connectivity index (χ0v) is 13.7. The maximum absolute atomic E-state index is 11.9. The largest absolute Gasteiger partial charge is 0.355 e. The molecule has 1 amide bonds. The van der Waals surface area contributed by atoms with Crippen molar-refractivity contribution in [3.05, 3.63) is 0 Å². The SMILES string of the molecule is CCC1CCCCN1CCNC(=O)CCC1CCNCC1. The molecule has 2 heterocycles. The van der Waals surface area contributed by atoms with E-state index in [4.69, 9.17) is 0 Å². The van der Waals surface area contributed by atoms with Crippen molar-refractivity contribution in [2.45, 2.75) is 64.3 Å². The van der Waals surface area contributed by atoms with Gasteiger partial charge in [-0.15, -0.1) is 0 Å². The van der Waals surface area contributed by atoms with E-state index in [2.05, 4.69) is 22.5 Å². The number of carbonyl (C=O) groups is 1. The molecule has 2 rings (SSSR count). The van der Waals surface area contributed by atoms with Gasteiger partial charge in [0.05, 0.1) is 0 Å². The van der Waals surface area contributed by atoms with Crippen LogP contribution in [0.3, 0.4) is 0 Å². The molecule has 0 aliphatic carbocycles. The maximum Gasteiger partial charge on any atom is 0.220 e. The van der Waals surface area contributed by atoms with E-state index < -0.39 is 0 Å². The third-order valence-corrected chi connectivity index (χ3v) is 5.18. The summed E-state index contributed by atoms with van der Waals surface area (Å²) >= 11 is 0. The monoisotopic (exact) mass is 295 g/mol. The molecule has 4 heteroatoms. The van der Waals surface area contributed by atoms with Crippen molar-refractivity contribution in [3.8, 4) is 0 Å². The van der Waals surface area contributed by atoms with Gasteiger partial charge in [-0.25, -0.2) is 0 Å². The zero-order valence-electron chi connectivity index (χ0n) is 13.7. The Labute approximate surface area is 130 Å². The van der Waals surface area contributed by atoms with Gasteiger partial charge in [0.15, 0.2) is 0 Å². The van der Waals surface area contributed by atoms with Gasteiger partial charge in [-0.05, 0) is 64.1 Å². The molecule has 2 aliphatic heterocycles. The lowest BCUT2D eigenvalue weighted by Gasteiger charge is -2.35. The summed E-state index contributed by atoms with van der Waals surface area (Å²) in [5, 5.41) is 6.49. The van der Waals surface area contributed by atoms with Gasteiger partial charge in [0, 0.05) is 25.6 Å². The van der Waals surface area contributed by atoms with Gasteiger partial charge in [0.2, 0.25) is 5.91 Å². The van der Waals surface area contributed by atoms with Crippen molar-refractivity contribution in [1.82, 2.24) is 15.5 Å². The summed E-state index contributed by atoms with van der Waals surface area (Å²) in [4.78, 5) is 14.5. The third-order valence-electron chi connectivity index (χ3n) is 5.18. The average Bonchev–Trinajstić information content (AvgIpc) is 2.54. The fourth-order valence-corrected chi connectivity index (χ4v) is 3.75. The Morgan fingerprint density at radius 1 is 1.24 bits per heavy atom. The highest BCUT2D eigenvalue weighted by atomic mass is 16.1.